The van der Waals surface area contributed by atoms with Crippen molar-refractivity contribution in [2.45, 2.75) is 56.0 Å². The topological polar surface area (TPSA) is 35.8 Å². The Morgan fingerprint density at radius 2 is 1.71 bits per heavy atom. The molecule has 0 saturated heterocycles. The first-order valence-corrected chi connectivity index (χ1v) is 5.12. The highest BCUT2D eigenvalue weighted by Gasteiger charge is 2.45. The second-order valence-electron chi connectivity index (χ2n) is 4.47. The van der Waals surface area contributed by atoms with Gasteiger partial charge in [-0.3, -0.25) is 5.32 Å². The third-order valence-electron chi connectivity index (χ3n) is 3.11. The Morgan fingerprint density at radius 1 is 1.14 bits per heavy atom. The number of hydrogen-bond acceptors (Lipinski definition) is 2. The number of nitriles is 1. The Labute approximate surface area is 82.3 Å². The lowest BCUT2D eigenvalue weighted by atomic mass is 9.81. The van der Waals surface area contributed by atoms with Crippen molar-refractivity contribution in [3.63, 3.8) is 0 Å². The molecule has 0 amide bonds. The summed E-state index contributed by atoms with van der Waals surface area (Å²) in [5.74, 6) is -2.55. The van der Waals surface area contributed by atoms with Crippen LogP contribution in [0.4, 0.5) is 8.78 Å². The molecule has 4 heteroatoms. The quantitative estimate of drug-likeness (QED) is 0.741. The second-order valence-corrected chi connectivity index (χ2v) is 4.47. The fourth-order valence-electron chi connectivity index (χ4n) is 1.95. The van der Waals surface area contributed by atoms with Gasteiger partial charge in [0, 0.05) is 18.9 Å². The van der Waals surface area contributed by atoms with Crippen molar-refractivity contribution < 1.29 is 8.78 Å². The molecule has 0 aliphatic heterocycles. The standard InChI is InChI=1S/C10H14F2N2/c11-10(12)5-3-9(7-13,4-6-10)14-8-1-2-8/h8,14H,1-6H2. The van der Waals surface area contributed by atoms with Gasteiger partial charge in [0.05, 0.1) is 6.07 Å². The maximum atomic E-state index is 12.9. The normalized spacial score (nSPS) is 29.5. The molecule has 0 aromatic carbocycles. The summed E-state index contributed by atoms with van der Waals surface area (Å²) < 4.78 is 25.8. The van der Waals surface area contributed by atoms with Gasteiger partial charge in [0.25, 0.3) is 0 Å². The molecule has 0 spiro atoms. The van der Waals surface area contributed by atoms with Crippen molar-refractivity contribution in [2.24, 2.45) is 0 Å². The summed E-state index contributed by atoms with van der Waals surface area (Å²) in [4.78, 5) is 0. The lowest BCUT2D eigenvalue weighted by Gasteiger charge is -2.35. The predicted molar refractivity (Wildman–Crippen MR) is 47.9 cm³/mol. The van der Waals surface area contributed by atoms with Crippen LogP contribution in [0.5, 0.6) is 0 Å². The molecule has 2 aliphatic carbocycles. The summed E-state index contributed by atoms with van der Waals surface area (Å²) in [7, 11) is 0. The number of nitrogens with zero attached hydrogens (tertiary/aromatic N) is 1. The SMILES string of the molecule is N#CC1(NC2CC2)CCC(F)(F)CC1. The van der Waals surface area contributed by atoms with E-state index in [2.05, 4.69) is 11.4 Å². The van der Waals surface area contributed by atoms with Crippen LogP contribution in [0, 0.1) is 11.3 Å². The van der Waals surface area contributed by atoms with E-state index in [0.29, 0.717) is 6.04 Å². The van der Waals surface area contributed by atoms with E-state index in [1.807, 2.05) is 0 Å². The zero-order chi connectivity index (χ0) is 10.2. The third-order valence-corrected chi connectivity index (χ3v) is 3.11. The van der Waals surface area contributed by atoms with Gasteiger partial charge in [-0.2, -0.15) is 5.26 Å². The molecule has 2 nitrogen and oxygen atoms in total. The first-order valence-electron chi connectivity index (χ1n) is 5.12. The number of hydrogen-bond donors (Lipinski definition) is 1. The van der Waals surface area contributed by atoms with Gasteiger partial charge < -0.3 is 0 Å². The van der Waals surface area contributed by atoms with Crippen LogP contribution in [-0.2, 0) is 0 Å². The van der Waals surface area contributed by atoms with Crippen LogP contribution in [-0.4, -0.2) is 17.5 Å². The largest absolute Gasteiger partial charge is 0.297 e. The van der Waals surface area contributed by atoms with Gasteiger partial charge in [-0.25, -0.2) is 8.78 Å². The summed E-state index contributed by atoms with van der Waals surface area (Å²) >= 11 is 0. The molecule has 0 radical (unpaired) electrons. The van der Waals surface area contributed by atoms with Crippen LogP contribution >= 0.6 is 0 Å². The number of alkyl halides is 2. The van der Waals surface area contributed by atoms with E-state index in [1.165, 1.54) is 0 Å². The molecule has 0 bridgehead atoms. The van der Waals surface area contributed by atoms with Gasteiger partial charge >= 0.3 is 0 Å². The molecule has 0 aromatic heterocycles. The van der Waals surface area contributed by atoms with Gasteiger partial charge in [0.2, 0.25) is 5.92 Å². The minimum Gasteiger partial charge on any atom is -0.297 e. The monoisotopic (exact) mass is 200 g/mol. The zero-order valence-electron chi connectivity index (χ0n) is 8.02. The van der Waals surface area contributed by atoms with Gasteiger partial charge in [0.1, 0.15) is 5.54 Å². The Bertz CT molecular complexity index is 256. The summed E-state index contributed by atoms with van der Waals surface area (Å²) in [6.45, 7) is 0. The lowest BCUT2D eigenvalue weighted by Crippen LogP contribution is -2.49. The molecule has 2 aliphatic rings. The first kappa shape index (κ1) is 9.85. The van der Waals surface area contributed by atoms with Crippen LogP contribution in [0.3, 0.4) is 0 Å². The second kappa shape index (κ2) is 3.16. The number of rotatable bonds is 2. The molecule has 0 aromatic rings. The average molecular weight is 200 g/mol. The molecule has 2 fully saturated rings. The van der Waals surface area contributed by atoms with Crippen LogP contribution in [0.15, 0.2) is 0 Å². The molecule has 1 N–H and O–H groups in total. The van der Waals surface area contributed by atoms with Crippen LogP contribution in [0.1, 0.15) is 38.5 Å². The molecule has 0 unspecified atom stereocenters. The van der Waals surface area contributed by atoms with Crippen molar-refractivity contribution in [1.29, 1.82) is 5.26 Å². The minimum atomic E-state index is -2.55. The molecule has 2 rings (SSSR count). The van der Waals surface area contributed by atoms with Crippen LogP contribution < -0.4 is 5.32 Å². The van der Waals surface area contributed by atoms with E-state index in [-0.39, 0.29) is 25.7 Å². The molecule has 0 atom stereocenters. The molecule has 78 valence electrons. The van der Waals surface area contributed by atoms with Gasteiger partial charge in [0.15, 0.2) is 0 Å². The van der Waals surface area contributed by atoms with E-state index >= 15 is 0 Å². The van der Waals surface area contributed by atoms with Gasteiger partial charge in [-0.05, 0) is 25.7 Å². The number of nitrogens with one attached hydrogen (secondary N) is 1. The highest BCUT2D eigenvalue weighted by molar-refractivity contribution is 5.12. The molecule has 0 heterocycles. The Morgan fingerprint density at radius 3 is 2.14 bits per heavy atom. The Balaban J connectivity index is 1.97. The van der Waals surface area contributed by atoms with Crippen LogP contribution in [0.25, 0.3) is 0 Å². The smallest absolute Gasteiger partial charge is 0.248 e. The van der Waals surface area contributed by atoms with E-state index < -0.39 is 11.5 Å². The fraction of sp³-hybridized carbons (Fsp3) is 0.900. The third kappa shape index (κ3) is 2.03. The van der Waals surface area contributed by atoms with E-state index in [4.69, 9.17) is 5.26 Å². The molecule has 2 saturated carbocycles. The summed E-state index contributed by atoms with van der Waals surface area (Å²) in [5.41, 5.74) is -0.664. The van der Waals surface area contributed by atoms with E-state index in [1.54, 1.807) is 0 Å². The Hall–Kier alpha value is -0.690. The van der Waals surface area contributed by atoms with Crippen molar-refractivity contribution in [2.75, 3.05) is 0 Å². The van der Waals surface area contributed by atoms with Crippen LogP contribution in [0.2, 0.25) is 0 Å². The highest BCUT2D eigenvalue weighted by Crippen LogP contribution is 2.39. The maximum Gasteiger partial charge on any atom is 0.248 e. The minimum absolute atomic E-state index is 0.152. The highest BCUT2D eigenvalue weighted by atomic mass is 19.3. The molecular weight excluding hydrogens is 186 g/mol. The van der Waals surface area contributed by atoms with E-state index in [0.717, 1.165) is 12.8 Å². The van der Waals surface area contributed by atoms with Crippen molar-refractivity contribution >= 4 is 0 Å². The van der Waals surface area contributed by atoms with Gasteiger partial charge in [-0.15, -0.1) is 0 Å². The van der Waals surface area contributed by atoms with Crippen molar-refractivity contribution in [1.82, 2.24) is 5.32 Å². The first-order chi connectivity index (χ1) is 6.55. The van der Waals surface area contributed by atoms with Gasteiger partial charge in [-0.1, -0.05) is 0 Å². The Kier molecular flexibility index (Phi) is 2.23. The van der Waals surface area contributed by atoms with E-state index in [9.17, 15) is 8.78 Å². The van der Waals surface area contributed by atoms with Crippen molar-refractivity contribution in [3.05, 3.63) is 0 Å². The maximum absolute atomic E-state index is 12.9. The molecular formula is C10H14F2N2. The summed E-state index contributed by atoms with van der Waals surface area (Å²) in [5, 5.41) is 12.2. The zero-order valence-corrected chi connectivity index (χ0v) is 8.02. The number of halogens is 2. The summed E-state index contributed by atoms with van der Waals surface area (Å²) in [6, 6.07) is 2.59. The average Bonchev–Trinajstić information content (AvgIpc) is 2.93. The fourth-order valence-corrected chi connectivity index (χ4v) is 1.95. The van der Waals surface area contributed by atoms with Crippen molar-refractivity contribution in [3.8, 4) is 6.07 Å². The predicted octanol–water partition coefficient (Wildman–Crippen LogP) is 2.21. The lowest BCUT2D eigenvalue weighted by molar-refractivity contribution is -0.0485. The summed E-state index contributed by atoms with van der Waals surface area (Å²) in [6.07, 6.45) is 2.43. The molecule has 14 heavy (non-hydrogen) atoms.